The highest BCUT2D eigenvalue weighted by Gasteiger charge is 2.53. The van der Waals surface area contributed by atoms with Crippen LogP contribution in [0.4, 0.5) is 0 Å². The van der Waals surface area contributed by atoms with Crippen molar-refractivity contribution >= 4 is 40.6 Å². The number of Topliss-reactive ketones (excluding diaryl/α,β-unsaturated/α-hetero) is 1. The standard InChI is InChI=1S/C28H29ClN2O4S/c1-27(2,3)35-24(33)15-28(26-31-23(17-36-26)20-11-7-8-12-22(20)29)21(18-9-5-4-6-10-18)14-13-19(32)16-30-25(28)34/h4-12,17,21H,13-16H2,1-3H3,(H,30,34)/t21-,28-/m0/s1. The van der Waals surface area contributed by atoms with E-state index in [4.69, 9.17) is 21.3 Å². The summed E-state index contributed by atoms with van der Waals surface area (Å²) in [6.45, 7) is 5.30. The molecule has 0 bridgehead atoms. The van der Waals surface area contributed by atoms with Gasteiger partial charge in [0.15, 0.2) is 5.78 Å². The molecule has 1 aliphatic rings. The fourth-order valence-electron chi connectivity index (χ4n) is 4.67. The summed E-state index contributed by atoms with van der Waals surface area (Å²) in [6, 6.07) is 16.9. The minimum Gasteiger partial charge on any atom is -0.460 e. The zero-order valence-corrected chi connectivity index (χ0v) is 22.1. The van der Waals surface area contributed by atoms with E-state index in [1.54, 1.807) is 26.8 Å². The molecule has 188 valence electrons. The molecule has 1 aromatic heterocycles. The first-order valence-corrected chi connectivity index (χ1v) is 13.1. The second-order valence-electron chi connectivity index (χ2n) is 9.98. The van der Waals surface area contributed by atoms with E-state index in [9.17, 15) is 14.4 Å². The summed E-state index contributed by atoms with van der Waals surface area (Å²) in [4.78, 5) is 44.6. The molecule has 0 unspecified atom stereocenters. The van der Waals surface area contributed by atoms with Crippen LogP contribution < -0.4 is 5.32 Å². The predicted octanol–water partition coefficient (Wildman–Crippen LogP) is 5.70. The van der Waals surface area contributed by atoms with Crippen molar-refractivity contribution in [1.82, 2.24) is 10.3 Å². The molecule has 6 nitrogen and oxygen atoms in total. The Morgan fingerprint density at radius 3 is 2.53 bits per heavy atom. The molecule has 4 rings (SSSR count). The van der Waals surface area contributed by atoms with E-state index in [2.05, 4.69) is 5.32 Å². The summed E-state index contributed by atoms with van der Waals surface area (Å²) in [6.07, 6.45) is 0.470. The monoisotopic (exact) mass is 524 g/mol. The Kier molecular flexibility index (Phi) is 7.62. The normalized spacial score (nSPS) is 20.8. The van der Waals surface area contributed by atoms with Gasteiger partial charge in [0, 0.05) is 28.3 Å². The first-order chi connectivity index (χ1) is 17.1. The smallest absolute Gasteiger partial charge is 0.307 e. The van der Waals surface area contributed by atoms with Crippen LogP contribution in [-0.4, -0.2) is 34.8 Å². The zero-order valence-electron chi connectivity index (χ0n) is 20.5. The van der Waals surface area contributed by atoms with Gasteiger partial charge in [-0.05, 0) is 38.8 Å². The number of thiazole rings is 1. The minimum absolute atomic E-state index is 0.0500. The molecule has 1 fully saturated rings. The highest BCUT2D eigenvalue weighted by molar-refractivity contribution is 7.10. The number of esters is 1. The van der Waals surface area contributed by atoms with Crippen LogP contribution in [0.5, 0.6) is 0 Å². The predicted molar refractivity (Wildman–Crippen MR) is 141 cm³/mol. The number of benzene rings is 2. The average molecular weight is 525 g/mol. The molecule has 36 heavy (non-hydrogen) atoms. The minimum atomic E-state index is -1.37. The Bertz CT molecular complexity index is 1270. The van der Waals surface area contributed by atoms with E-state index < -0.39 is 28.8 Å². The number of nitrogens with one attached hydrogen (secondary N) is 1. The van der Waals surface area contributed by atoms with E-state index in [-0.39, 0.29) is 25.2 Å². The molecule has 2 heterocycles. The van der Waals surface area contributed by atoms with Crippen LogP contribution in [0.2, 0.25) is 5.02 Å². The van der Waals surface area contributed by atoms with Gasteiger partial charge in [-0.15, -0.1) is 11.3 Å². The number of ketones is 1. The van der Waals surface area contributed by atoms with Crippen LogP contribution in [0.15, 0.2) is 60.0 Å². The summed E-state index contributed by atoms with van der Waals surface area (Å²) in [5, 5.41) is 5.68. The molecular formula is C28H29ClN2O4S. The average Bonchev–Trinajstić information content (AvgIpc) is 3.31. The van der Waals surface area contributed by atoms with Crippen LogP contribution in [0.25, 0.3) is 11.3 Å². The number of hydrogen-bond acceptors (Lipinski definition) is 6. The number of aromatic nitrogens is 1. The number of ether oxygens (including phenoxy) is 1. The SMILES string of the molecule is CC(C)(C)OC(=O)C[C@@]1(c2nc(-c3ccccc3Cl)cs2)C(=O)NCC(=O)CC[C@H]1c1ccccc1. The highest BCUT2D eigenvalue weighted by Crippen LogP contribution is 2.48. The Balaban J connectivity index is 1.91. The van der Waals surface area contributed by atoms with Gasteiger partial charge < -0.3 is 10.1 Å². The summed E-state index contributed by atoms with van der Waals surface area (Å²) in [7, 11) is 0. The van der Waals surface area contributed by atoms with Crippen molar-refractivity contribution in [2.75, 3.05) is 6.54 Å². The molecule has 1 amide bonds. The van der Waals surface area contributed by atoms with Crippen LogP contribution >= 0.6 is 22.9 Å². The number of carbonyl (C=O) groups is 3. The lowest BCUT2D eigenvalue weighted by Crippen LogP contribution is -2.53. The largest absolute Gasteiger partial charge is 0.460 e. The zero-order chi connectivity index (χ0) is 25.9. The van der Waals surface area contributed by atoms with Gasteiger partial charge in [0.2, 0.25) is 5.91 Å². The molecule has 2 aromatic carbocycles. The number of halogens is 1. The number of amides is 1. The first-order valence-electron chi connectivity index (χ1n) is 11.9. The van der Waals surface area contributed by atoms with E-state index in [1.807, 2.05) is 53.9 Å². The van der Waals surface area contributed by atoms with E-state index >= 15 is 0 Å². The van der Waals surface area contributed by atoms with E-state index in [0.29, 0.717) is 22.1 Å². The third kappa shape index (κ3) is 5.52. The third-order valence-electron chi connectivity index (χ3n) is 6.24. The first kappa shape index (κ1) is 26.0. The van der Waals surface area contributed by atoms with Crippen molar-refractivity contribution in [3.8, 4) is 11.3 Å². The molecule has 0 spiro atoms. The van der Waals surface area contributed by atoms with Crippen LogP contribution in [0, 0.1) is 0 Å². The Morgan fingerprint density at radius 1 is 1.14 bits per heavy atom. The van der Waals surface area contributed by atoms with Gasteiger partial charge in [-0.2, -0.15) is 0 Å². The number of nitrogens with zero attached hydrogens (tertiary/aromatic N) is 1. The summed E-state index contributed by atoms with van der Waals surface area (Å²) < 4.78 is 5.69. The molecule has 0 radical (unpaired) electrons. The molecule has 0 aliphatic carbocycles. The highest BCUT2D eigenvalue weighted by atomic mass is 35.5. The Hall–Kier alpha value is -3.03. The number of carbonyl (C=O) groups excluding carboxylic acids is 3. The van der Waals surface area contributed by atoms with Crippen LogP contribution in [0.3, 0.4) is 0 Å². The lowest BCUT2D eigenvalue weighted by atomic mass is 9.66. The van der Waals surface area contributed by atoms with Gasteiger partial charge in [0.25, 0.3) is 0 Å². The quantitative estimate of drug-likeness (QED) is 0.433. The van der Waals surface area contributed by atoms with Gasteiger partial charge in [-0.1, -0.05) is 60.1 Å². The lowest BCUT2D eigenvalue weighted by molar-refractivity contribution is -0.158. The van der Waals surface area contributed by atoms with Gasteiger partial charge in [-0.3, -0.25) is 14.4 Å². The molecule has 1 saturated heterocycles. The molecule has 1 N–H and O–H groups in total. The van der Waals surface area contributed by atoms with Crippen molar-refractivity contribution in [1.29, 1.82) is 0 Å². The number of hydrogen-bond donors (Lipinski definition) is 1. The molecule has 8 heteroatoms. The van der Waals surface area contributed by atoms with Crippen molar-refractivity contribution < 1.29 is 19.1 Å². The molecular weight excluding hydrogens is 496 g/mol. The maximum absolute atomic E-state index is 14.0. The second kappa shape index (κ2) is 10.5. The molecule has 2 atom stereocenters. The van der Waals surface area contributed by atoms with Crippen LogP contribution in [0.1, 0.15) is 56.5 Å². The van der Waals surface area contributed by atoms with Crippen molar-refractivity contribution in [2.45, 2.75) is 57.0 Å². The van der Waals surface area contributed by atoms with Gasteiger partial charge >= 0.3 is 5.97 Å². The fraction of sp³-hybridized carbons (Fsp3) is 0.357. The van der Waals surface area contributed by atoms with Gasteiger partial charge in [0.1, 0.15) is 16.0 Å². The second-order valence-corrected chi connectivity index (χ2v) is 11.2. The summed E-state index contributed by atoms with van der Waals surface area (Å²) in [5.41, 5.74) is 0.142. The lowest BCUT2D eigenvalue weighted by Gasteiger charge is -2.39. The maximum Gasteiger partial charge on any atom is 0.307 e. The van der Waals surface area contributed by atoms with Gasteiger partial charge in [-0.25, -0.2) is 4.98 Å². The molecule has 0 saturated carbocycles. The third-order valence-corrected chi connectivity index (χ3v) is 7.59. The summed E-state index contributed by atoms with van der Waals surface area (Å²) >= 11 is 7.75. The van der Waals surface area contributed by atoms with E-state index in [1.165, 1.54) is 11.3 Å². The topological polar surface area (TPSA) is 85.4 Å². The van der Waals surface area contributed by atoms with Crippen molar-refractivity contribution in [2.24, 2.45) is 0 Å². The van der Waals surface area contributed by atoms with Crippen LogP contribution in [-0.2, 0) is 24.5 Å². The van der Waals surface area contributed by atoms with Crippen molar-refractivity contribution in [3.63, 3.8) is 0 Å². The number of rotatable bonds is 5. The Labute approximate surface area is 220 Å². The van der Waals surface area contributed by atoms with Crippen molar-refractivity contribution in [3.05, 3.63) is 75.6 Å². The van der Waals surface area contributed by atoms with Gasteiger partial charge in [0.05, 0.1) is 18.7 Å². The Morgan fingerprint density at radius 2 is 1.83 bits per heavy atom. The van der Waals surface area contributed by atoms with E-state index in [0.717, 1.165) is 11.1 Å². The molecule has 3 aromatic rings. The molecule has 1 aliphatic heterocycles. The maximum atomic E-state index is 14.0. The summed E-state index contributed by atoms with van der Waals surface area (Å²) in [5.74, 6) is -1.43. The fourth-order valence-corrected chi connectivity index (χ4v) is 5.98.